The fourth-order valence-electron chi connectivity index (χ4n) is 1.99. The van der Waals surface area contributed by atoms with Crippen LogP contribution in [-0.4, -0.2) is 6.36 Å². The number of hydrogen-bond acceptors (Lipinski definition) is 2. The van der Waals surface area contributed by atoms with Crippen molar-refractivity contribution < 1.29 is 31.1 Å². The van der Waals surface area contributed by atoms with Crippen LogP contribution in [0.5, 0.6) is 5.75 Å². The molecule has 0 bridgehead atoms. The molecule has 0 saturated heterocycles. The number of nitriles is 1. The number of alkyl halides is 6. The van der Waals surface area contributed by atoms with Crippen LogP contribution in [0.2, 0.25) is 0 Å². The van der Waals surface area contributed by atoms with Crippen molar-refractivity contribution >= 4 is 0 Å². The summed E-state index contributed by atoms with van der Waals surface area (Å²) in [7, 11) is 0. The summed E-state index contributed by atoms with van der Waals surface area (Å²) < 4.78 is 79.6. The molecule has 0 spiro atoms. The van der Waals surface area contributed by atoms with E-state index in [1.54, 1.807) is 6.07 Å². The molecule has 2 aromatic carbocycles. The lowest BCUT2D eigenvalue weighted by Crippen LogP contribution is -2.17. The molecule has 0 radical (unpaired) electrons. The first-order chi connectivity index (χ1) is 10.6. The predicted octanol–water partition coefficient (Wildman–Crippen LogP) is 5.14. The van der Waals surface area contributed by atoms with Gasteiger partial charge in [0.1, 0.15) is 5.75 Å². The zero-order valence-corrected chi connectivity index (χ0v) is 11.2. The maximum absolute atomic E-state index is 13.0. The number of rotatable bonds is 2. The second-order valence-electron chi connectivity index (χ2n) is 4.45. The third-order valence-electron chi connectivity index (χ3n) is 2.81. The van der Waals surface area contributed by atoms with Gasteiger partial charge < -0.3 is 4.74 Å². The van der Waals surface area contributed by atoms with Crippen molar-refractivity contribution in [1.29, 1.82) is 5.26 Å². The quantitative estimate of drug-likeness (QED) is 0.714. The molecule has 2 nitrogen and oxygen atoms in total. The van der Waals surface area contributed by atoms with Gasteiger partial charge in [-0.05, 0) is 35.4 Å². The van der Waals surface area contributed by atoms with Crippen LogP contribution in [-0.2, 0) is 6.18 Å². The van der Waals surface area contributed by atoms with Crippen LogP contribution in [0.15, 0.2) is 42.5 Å². The Hall–Kier alpha value is -2.69. The van der Waals surface area contributed by atoms with Gasteiger partial charge in [0.05, 0.1) is 17.2 Å². The molecule has 0 aromatic heterocycles. The van der Waals surface area contributed by atoms with Crippen LogP contribution in [0.25, 0.3) is 11.1 Å². The number of ether oxygens (including phenoxy) is 1. The van der Waals surface area contributed by atoms with Gasteiger partial charge in [-0.3, -0.25) is 0 Å². The largest absolute Gasteiger partial charge is 0.573 e. The molecule has 0 aliphatic carbocycles. The van der Waals surface area contributed by atoms with Crippen molar-refractivity contribution in [3.8, 4) is 22.9 Å². The minimum atomic E-state index is -5.02. The molecule has 0 amide bonds. The summed E-state index contributed by atoms with van der Waals surface area (Å²) in [6.45, 7) is 0. The maximum Gasteiger partial charge on any atom is 0.573 e. The number of benzene rings is 2. The zero-order valence-electron chi connectivity index (χ0n) is 11.2. The second-order valence-corrected chi connectivity index (χ2v) is 4.45. The molecule has 0 aliphatic rings. The Kier molecular flexibility index (Phi) is 4.23. The summed E-state index contributed by atoms with van der Waals surface area (Å²) in [5, 5.41) is 8.85. The summed E-state index contributed by atoms with van der Waals surface area (Å²) in [4.78, 5) is 0. The van der Waals surface area contributed by atoms with Gasteiger partial charge in [-0.1, -0.05) is 18.2 Å². The Morgan fingerprint density at radius 3 is 2.13 bits per heavy atom. The molecular formula is C15H7F6NO. The highest BCUT2D eigenvalue weighted by Crippen LogP contribution is 2.38. The van der Waals surface area contributed by atoms with Crippen LogP contribution in [0.3, 0.4) is 0 Å². The van der Waals surface area contributed by atoms with E-state index in [9.17, 15) is 26.3 Å². The highest BCUT2D eigenvalue weighted by atomic mass is 19.4. The van der Waals surface area contributed by atoms with Crippen molar-refractivity contribution in [2.75, 3.05) is 0 Å². The summed E-state index contributed by atoms with van der Waals surface area (Å²) in [5.74, 6) is -0.761. The van der Waals surface area contributed by atoms with Gasteiger partial charge >= 0.3 is 12.5 Å². The standard InChI is InChI=1S/C15H7F6NO/c16-14(17,18)13-4-2-1-3-12(13)10-5-9(8-22)6-11(7-10)23-15(19,20)21/h1-7H. The molecule has 120 valence electrons. The molecule has 0 heterocycles. The van der Waals surface area contributed by atoms with Crippen molar-refractivity contribution in [1.82, 2.24) is 0 Å². The number of hydrogen-bond donors (Lipinski definition) is 0. The van der Waals surface area contributed by atoms with Gasteiger partial charge in [-0.25, -0.2) is 0 Å². The average molecular weight is 331 g/mol. The molecule has 2 aromatic rings. The lowest BCUT2D eigenvalue weighted by atomic mass is 9.97. The van der Waals surface area contributed by atoms with Gasteiger partial charge in [0.25, 0.3) is 0 Å². The van der Waals surface area contributed by atoms with Crippen LogP contribution < -0.4 is 4.74 Å². The molecule has 2 rings (SSSR count). The molecule has 0 saturated carbocycles. The molecular weight excluding hydrogens is 324 g/mol. The summed E-state index contributed by atoms with van der Waals surface area (Å²) in [6.07, 6.45) is -9.71. The monoisotopic (exact) mass is 331 g/mol. The van der Waals surface area contributed by atoms with Gasteiger partial charge in [0.15, 0.2) is 0 Å². The summed E-state index contributed by atoms with van der Waals surface area (Å²) >= 11 is 0. The lowest BCUT2D eigenvalue weighted by Gasteiger charge is -2.15. The van der Waals surface area contributed by atoms with E-state index in [1.807, 2.05) is 0 Å². The van der Waals surface area contributed by atoms with E-state index >= 15 is 0 Å². The SMILES string of the molecule is N#Cc1cc(OC(F)(F)F)cc(-c2ccccc2C(F)(F)F)c1. The van der Waals surface area contributed by atoms with E-state index in [0.29, 0.717) is 0 Å². The van der Waals surface area contributed by atoms with Gasteiger partial charge in [0, 0.05) is 0 Å². The van der Waals surface area contributed by atoms with Crippen LogP contribution in [0.4, 0.5) is 26.3 Å². The van der Waals surface area contributed by atoms with E-state index in [-0.39, 0.29) is 16.7 Å². The fourth-order valence-corrected chi connectivity index (χ4v) is 1.99. The maximum atomic E-state index is 13.0. The molecule has 0 atom stereocenters. The smallest absolute Gasteiger partial charge is 0.406 e. The normalized spacial score (nSPS) is 11.9. The van der Waals surface area contributed by atoms with Crippen LogP contribution in [0, 0.1) is 11.3 Å². The lowest BCUT2D eigenvalue weighted by molar-refractivity contribution is -0.274. The van der Waals surface area contributed by atoms with Crippen molar-refractivity contribution in [3.63, 3.8) is 0 Å². The molecule has 23 heavy (non-hydrogen) atoms. The van der Waals surface area contributed by atoms with Crippen molar-refractivity contribution in [2.24, 2.45) is 0 Å². The van der Waals surface area contributed by atoms with Crippen LogP contribution >= 0.6 is 0 Å². The molecule has 0 N–H and O–H groups in total. The Balaban J connectivity index is 2.61. The fraction of sp³-hybridized carbons (Fsp3) is 0.133. The van der Waals surface area contributed by atoms with Gasteiger partial charge in [0.2, 0.25) is 0 Å². The van der Waals surface area contributed by atoms with Crippen LogP contribution in [0.1, 0.15) is 11.1 Å². The van der Waals surface area contributed by atoms with Crippen molar-refractivity contribution in [2.45, 2.75) is 12.5 Å². The van der Waals surface area contributed by atoms with E-state index in [4.69, 9.17) is 5.26 Å². The topological polar surface area (TPSA) is 33.0 Å². The Morgan fingerprint density at radius 1 is 0.913 bits per heavy atom. The van der Waals surface area contributed by atoms with Gasteiger partial charge in [-0.2, -0.15) is 18.4 Å². The second kappa shape index (κ2) is 5.83. The predicted molar refractivity (Wildman–Crippen MR) is 68.3 cm³/mol. The Morgan fingerprint density at radius 2 is 1.57 bits per heavy atom. The molecule has 0 unspecified atom stereocenters. The molecule has 0 aliphatic heterocycles. The summed E-state index contributed by atoms with van der Waals surface area (Å²) in [6, 6.07) is 8.65. The first-order valence-electron chi connectivity index (χ1n) is 6.08. The van der Waals surface area contributed by atoms with E-state index in [1.165, 1.54) is 6.07 Å². The summed E-state index contributed by atoms with van der Waals surface area (Å²) in [5.41, 5.74) is -1.81. The Labute approximate surface area is 126 Å². The third kappa shape index (κ3) is 4.16. The minimum absolute atomic E-state index is 0.198. The Bertz CT molecular complexity index is 758. The first-order valence-corrected chi connectivity index (χ1v) is 6.08. The molecule has 0 fully saturated rings. The molecule has 8 heteroatoms. The number of nitrogens with zero attached hydrogens (tertiary/aromatic N) is 1. The van der Waals surface area contributed by atoms with E-state index < -0.39 is 23.9 Å². The first kappa shape index (κ1) is 16.7. The average Bonchev–Trinajstić information content (AvgIpc) is 2.44. The highest BCUT2D eigenvalue weighted by Gasteiger charge is 2.34. The third-order valence-corrected chi connectivity index (χ3v) is 2.81. The number of halogens is 6. The minimum Gasteiger partial charge on any atom is -0.406 e. The highest BCUT2D eigenvalue weighted by molar-refractivity contribution is 5.71. The zero-order chi connectivity index (χ0) is 17.3. The van der Waals surface area contributed by atoms with Gasteiger partial charge in [-0.15, -0.1) is 13.2 Å². The van der Waals surface area contributed by atoms with E-state index in [0.717, 1.165) is 36.4 Å². The van der Waals surface area contributed by atoms with Crippen molar-refractivity contribution in [3.05, 3.63) is 53.6 Å². The van der Waals surface area contributed by atoms with E-state index in [2.05, 4.69) is 4.74 Å².